The summed E-state index contributed by atoms with van der Waals surface area (Å²) in [6.45, 7) is 0.556. The Bertz CT molecular complexity index is 172. The van der Waals surface area contributed by atoms with Crippen molar-refractivity contribution in [3.8, 4) is 0 Å². The van der Waals surface area contributed by atoms with E-state index in [1.54, 1.807) is 0 Å². The Labute approximate surface area is 113 Å². The van der Waals surface area contributed by atoms with Crippen molar-refractivity contribution in [2.75, 3.05) is 13.2 Å². The Hall–Kier alpha value is -0.0800. The Morgan fingerprint density at radius 3 is 1.22 bits per heavy atom. The minimum Gasteiger partial charge on any atom is -0.396 e. The van der Waals surface area contributed by atoms with E-state index in [-0.39, 0.29) is 18.6 Å². The molecule has 0 amide bonds. The summed E-state index contributed by atoms with van der Waals surface area (Å²) < 4.78 is 0. The normalized spacial score (nSPS) is 23.0. The van der Waals surface area contributed by atoms with E-state index < -0.39 is 0 Å². The first-order valence-electron chi connectivity index (χ1n) is 8.05. The predicted octanol–water partition coefficient (Wildman–Crippen LogP) is 4.04. The minimum atomic E-state index is 0.225. The maximum absolute atomic E-state index is 9.32. The van der Waals surface area contributed by atoms with Crippen LogP contribution in [0.5, 0.6) is 0 Å². The Kier molecular flexibility index (Phi) is 8.70. The quantitative estimate of drug-likeness (QED) is 0.797. The lowest BCUT2D eigenvalue weighted by atomic mass is 9.73. The first kappa shape index (κ1) is 16.0. The van der Waals surface area contributed by atoms with E-state index in [2.05, 4.69) is 0 Å². The van der Waals surface area contributed by atoms with Crippen LogP contribution >= 0.6 is 0 Å². The van der Waals surface area contributed by atoms with Crippen LogP contribution < -0.4 is 0 Å². The van der Waals surface area contributed by atoms with Gasteiger partial charge in [-0.3, -0.25) is 0 Å². The second-order valence-corrected chi connectivity index (χ2v) is 6.13. The molecule has 1 fully saturated rings. The Balaban J connectivity index is 2.51. The highest BCUT2D eigenvalue weighted by atomic mass is 16.3. The van der Waals surface area contributed by atoms with E-state index in [9.17, 15) is 10.2 Å². The molecule has 0 spiro atoms. The van der Waals surface area contributed by atoms with Gasteiger partial charge in [0.15, 0.2) is 0 Å². The van der Waals surface area contributed by atoms with Crippen LogP contribution in [0.25, 0.3) is 0 Å². The number of rotatable bonds is 4. The third kappa shape index (κ3) is 6.19. The van der Waals surface area contributed by atoms with Crippen LogP contribution in [0.15, 0.2) is 0 Å². The van der Waals surface area contributed by atoms with Gasteiger partial charge in [0, 0.05) is 13.2 Å². The molecule has 0 aromatic heterocycles. The van der Waals surface area contributed by atoms with E-state index >= 15 is 0 Å². The molecule has 0 bridgehead atoms. The molecule has 1 aliphatic carbocycles. The number of aliphatic hydroxyl groups excluding tert-OH is 2. The third-order valence-corrected chi connectivity index (χ3v) is 4.70. The maximum Gasteiger partial charge on any atom is 0.0436 e. The van der Waals surface area contributed by atoms with E-state index in [0.717, 1.165) is 12.8 Å². The fourth-order valence-electron chi connectivity index (χ4n) is 3.46. The maximum atomic E-state index is 9.32. The van der Waals surface area contributed by atoms with Gasteiger partial charge in [-0.25, -0.2) is 0 Å². The fraction of sp³-hybridized carbons (Fsp3) is 1.00. The predicted molar refractivity (Wildman–Crippen MR) is 76.6 cm³/mol. The van der Waals surface area contributed by atoms with Crippen molar-refractivity contribution in [3.63, 3.8) is 0 Å². The average molecular weight is 256 g/mol. The van der Waals surface area contributed by atoms with Crippen LogP contribution in [-0.4, -0.2) is 23.4 Å². The lowest BCUT2D eigenvalue weighted by Crippen LogP contribution is -2.24. The molecular weight excluding hydrogens is 224 g/mol. The summed E-state index contributed by atoms with van der Waals surface area (Å²) in [5.41, 5.74) is 0.225. The standard InChI is InChI=1S/C16H32O2/c17-14-12-16(13-15-18)10-8-6-4-2-1-3-5-7-9-11-16/h17-18H,1-15H2. The highest BCUT2D eigenvalue weighted by Gasteiger charge is 2.28. The smallest absolute Gasteiger partial charge is 0.0436 e. The zero-order valence-corrected chi connectivity index (χ0v) is 12.0. The van der Waals surface area contributed by atoms with Gasteiger partial charge in [0.1, 0.15) is 0 Å². The second-order valence-electron chi connectivity index (χ2n) is 6.13. The van der Waals surface area contributed by atoms with Gasteiger partial charge in [0.05, 0.1) is 0 Å². The summed E-state index contributed by atoms with van der Waals surface area (Å²) in [7, 11) is 0. The van der Waals surface area contributed by atoms with Crippen LogP contribution in [0.1, 0.15) is 83.5 Å². The molecule has 0 saturated heterocycles. The molecule has 0 atom stereocenters. The fourth-order valence-corrected chi connectivity index (χ4v) is 3.46. The van der Waals surface area contributed by atoms with Crippen LogP contribution in [0, 0.1) is 5.41 Å². The van der Waals surface area contributed by atoms with Gasteiger partial charge < -0.3 is 10.2 Å². The van der Waals surface area contributed by atoms with Crippen LogP contribution in [0.2, 0.25) is 0 Å². The van der Waals surface area contributed by atoms with Crippen LogP contribution in [0.3, 0.4) is 0 Å². The lowest BCUT2D eigenvalue weighted by molar-refractivity contribution is 0.107. The largest absolute Gasteiger partial charge is 0.396 e. The van der Waals surface area contributed by atoms with Gasteiger partial charge in [-0.15, -0.1) is 0 Å². The van der Waals surface area contributed by atoms with Gasteiger partial charge >= 0.3 is 0 Å². The van der Waals surface area contributed by atoms with E-state index in [1.165, 1.54) is 70.6 Å². The first-order valence-corrected chi connectivity index (χ1v) is 8.05. The summed E-state index contributed by atoms with van der Waals surface area (Å²) in [5.74, 6) is 0. The van der Waals surface area contributed by atoms with E-state index in [0.29, 0.717) is 0 Å². The molecule has 2 nitrogen and oxygen atoms in total. The first-order chi connectivity index (χ1) is 8.83. The average Bonchev–Trinajstić information content (AvgIpc) is 2.34. The Morgan fingerprint density at radius 2 is 0.889 bits per heavy atom. The molecule has 18 heavy (non-hydrogen) atoms. The van der Waals surface area contributed by atoms with E-state index in [4.69, 9.17) is 0 Å². The number of aliphatic hydroxyl groups is 2. The summed E-state index contributed by atoms with van der Waals surface area (Å²) in [6.07, 6.45) is 16.3. The Morgan fingerprint density at radius 1 is 0.556 bits per heavy atom. The third-order valence-electron chi connectivity index (χ3n) is 4.70. The number of hydrogen-bond acceptors (Lipinski definition) is 2. The zero-order valence-electron chi connectivity index (χ0n) is 12.0. The summed E-state index contributed by atoms with van der Waals surface area (Å²) in [6, 6.07) is 0. The highest BCUT2D eigenvalue weighted by molar-refractivity contribution is 4.79. The van der Waals surface area contributed by atoms with Crippen LogP contribution in [0.4, 0.5) is 0 Å². The molecule has 1 saturated carbocycles. The summed E-state index contributed by atoms with van der Waals surface area (Å²) in [5, 5.41) is 18.6. The molecular formula is C16H32O2. The summed E-state index contributed by atoms with van der Waals surface area (Å²) >= 11 is 0. The van der Waals surface area contributed by atoms with Crippen molar-refractivity contribution in [2.24, 2.45) is 5.41 Å². The van der Waals surface area contributed by atoms with Gasteiger partial charge in [-0.05, 0) is 31.1 Å². The zero-order chi connectivity index (χ0) is 13.1. The van der Waals surface area contributed by atoms with Crippen molar-refractivity contribution in [1.82, 2.24) is 0 Å². The molecule has 0 aliphatic heterocycles. The molecule has 2 heteroatoms. The lowest BCUT2D eigenvalue weighted by Gasteiger charge is -2.33. The monoisotopic (exact) mass is 256 g/mol. The molecule has 0 aromatic rings. The molecule has 0 radical (unpaired) electrons. The molecule has 0 heterocycles. The molecule has 0 unspecified atom stereocenters. The van der Waals surface area contributed by atoms with Gasteiger partial charge in [-0.1, -0.05) is 57.8 Å². The second kappa shape index (κ2) is 9.80. The molecule has 108 valence electrons. The van der Waals surface area contributed by atoms with Crippen LogP contribution in [-0.2, 0) is 0 Å². The topological polar surface area (TPSA) is 40.5 Å². The minimum absolute atomic E-state index is 0.225. The van der Waals surface area contributed by atoms with Crippen molar-refractivity contribution >= 4 is 0 Å². The van der Waals surface area contributed by atoms with Crippen molar-refractivity contribution in [3.05, 3.63) is 0 Å². The molecule has 2 N–H and O–H groups in total. The molecule has 1 aliphatic rings. The van der Waals surface area contributed by atoms with E-state index in [1.807, 2.05) is 0 Å². The van der Waals surface area contributed by atoms with Gasteiger partial charge in [0.2, 0.25) is 0 Å². The van der Waals surface area contributed by atoms with Gasteiger partial charge in [0.25, 0.3) is 0 Å². The van der Waals surface area contributed by atoms with Gasteiger partial charge in [-0.2, -0.15) is 0 Å². The molecule has 0 aromatic carbocycles. The van der Waals surface area contributed by atoms with Crippen molar-refractivity contribution in [1.29, 1.82) is 0 Å². The number of hydrogen-bond donors (Lipinski definition) is 2. The highest BCUT2D eigenvalue weighted by Crippen LogP contribution is 2.38. The van der Waals surface area contributed by atoms with Crippen molar-refractivity contribution in [2.45, 2.75) is 83.5 Å². The summed E-state index contributed by atoms with van der Waals surface area (Å²) in [4.78, 5) is 0. The SMILES string of the molecule is OCCC1(CCO)CCCCCCCCCCC1. The molecule has 1 rings (SSSR count). The van der Waals surface area contributed by atoms with Crippen molar-refractivity contribution < 1.29 is 10.2 Å².